The van der Waals surface area contributed by atoms with Gasteiger partial charge in [0.15, 0.2) is 5.96 Å². The molecule has 0 radical (unpaired) electrons. The summed E-state index contributed by atoms with van der Waals surface area (Å²) in [4.78, 5) is 4.27. The Morgan fingerprint density at radius 1 is 1.25 bits per heavy atom. The normalized spacial score (nSPS) is 16.4. The number of piperidine rings is 1. The Kier molecular flexibility index (Phi) is 11.1. The molecule has 0 spiro atoms. The Labute approximate surface area is 186 Å². The van der Waals surface area contributed by atoms with Crippen LogP contribution in [0.2, 0.25) is 0 Å². The molecule has 1 fully saturated rings. The summed E-state index contributed by atoms with van der Waals surface area (Å²) in [5, 5.41) is 16.0. The highest BCUT2D eigenvalue weighted by atomic mass is 127. The van der Waals surface area contributed by atoms with E-state index in [1.807, 2.05) is 19.1 Å². The Balaban J connectivity index is 0.00000392. The number of hydrogen-bond acceptors (Lipinski definition) is 4. The highest BCUT2D eigenvalue weighted by Gasteiger charge is 2.27. The van der Waals surface area contributed by atoms with Gasteiger partial charge in [0.25, 0.3) is 0 Å². The van der Waals surface area contributed by atoms with Crippen LogP contribution in [0.25, 0.3) is 0 Å². The standard InChI is InChI=1S/C19H32N4O3S.HI/c1-3-15-27(25,26)23-13-10-17(11-14-23)22-19(20-2)21-12-4-5-16-6-8-18(24)9-7-16;/h6-9,17,24H,3-5,10-15H2,1-2H3,(H2,20,21,22);1H. The van der Waals surface area contributed by atoms with Crippen LogP contribution in [0.15, 0.2) is 29.3 Å². The number of aliphatic imine (C=N–C) groups is 1. The summed E-state index contributed by atoms with van der Waals surface area (Å²) in [6, 6.07) is 7.51. The van der Waals surface area contributed by atoms with E-state index in [4.69, 9.17) is 0 Å². The smallest absolute Gasteiger partial charge is 0.214 e. The Morgan fingerprint density at radius 2 is 1.89 bits per heavy atom. The molecule has 0 atom stereocenters. The quantitative estimate of drug-likeness (QED) is 0.210. The van der Waals surface area contributed by atoms with E-state index in [0.29, 0.717) is 19.5 Å². The van der Waals surface area contributed by atoms with Crippen LogP contribution in [-0.2, 0) is 16.4 Å². The molecule has 0 unspecified atom stereocenters. The van der Waals surface area contributed by atoms with Crippen LogP contribution in [0, 0.1) is 0 Å². The zero-order valence-electron chi connectivity index (χ0n) is 16.7. The van der Waals surface area contributed by atoms with Crippen molar-refractivity contribution in [3.8, 4) is 5.75 Å². The topological polar surface area (TPSA) is 94.0 Å². The van der Waals surface area contributed by atoms with Gasteiger partial charge < -0.3 is 15.7 Å². The molecular weight excluding hydrogens is 491 g/mol. The fourth-order valence-corrected chi connectivity index (χ4v) is 4.76. The summed E-state index contributed by atoms with van der Waals surface area (Å²) in [6.45, 7) is 3.82. The van der Waals surface area contributed by atoms with Crippen LogP contribution in [0.4, 0.5) is 0 Å². The summed E-state index contributed by atoms with van der Waals surface area (Å²) >= 11 is 0. The van der Waals surface area contributed by atoms with Crippen LogP contribution in [-0.4, -0.2) is 62.3 Å². The number of phenolic OH excluding ortho intramolecular Hbond substituents is 1. The predicted molar refractivity (Wildman–Crippen MR) is 125 cm³/mol. The van der Waals surface area contributed by atoms with Crippen LogP contribution in [0.1, 0.15) is 38.2 Å². The van der Waals surface area contributed by atoms with Gasteiger partial charge in [-0.1, -0.05) is 19.1 Å². The van der Waals surface area contributed by atoms with E-state index >= 15 is 0 Å². The monoisotopic (exact) mass is 524 g/mol. The van der Waals surface area contributed by atoms with E-state index in [2.05, 4.69) is 15.6 Å². The zero-order chi connectivity index (χ0) is 19.7. The number of nitrogens with zero attached hydrogens (tertiary/aromatic N) is 2. The molecular formula is C19H33IN4O3S. The largest absolute Gasteiger partial charge is 0.508 e. The number of nitrogens with one attached hydrogen (secondary N) is 2. The maximum Gasteiger partial charge on any atom is 0.214 e. The molecule has 160 valence electrons. The predicted octanol–water partition coefficient (Wildman–Crippen LogP) is 2.31. The van der Waals surface area contributed by atoms with Crippen LogP contribution >= 0.6 is 24.0 Å². The van der Waals surface area contributed by atoms with Crippen molar-refractivity contribution >= 4 is 40.0 Å². The number of aryl methyl sites for hydroxylation is 1. The second-order valence-corrected chi connectivity index (χ2v) is 8.99. The van der Waals surface area contributed by atoms with Gasteiger partial charge in [0.05, 0.1) is 5.75 Å². The molecule has 3 N–H and O–H groups in total. The number of benzene rings is 1. The fourth-order valence-electron chi connectivity index (χ4n) is 3.22. The minimum Gasteiger partial charge on any atom is -0.508 e. The van der Waals surface area contributed by atoms with E-state index in [1.54, 1.807) is 23.5 Å². The number of aromatic hydroxyl groups is 1. The maximum atomic E-state index is 12.1. The lowest BCUT2D eigenvalue weighted by Gasteiger charge is -2.32. The van der Waals surface area contributed by atoms with E-state index < -0.39 is 10.0 Å². The summed E-state index contributed by atoms with van der Waals surface area (Å²) < 4.78 is 25.9. The minimum atomic E-state index is -3.09. The number of hydrogen-bond donors (Lipinski definition) is 3. The number of phenols is 1. The summed E-state index contributed by atoms with van der Waals surface area (Å²) in [5.41, 5.74) is 1.19. The zero-order valence-corrected chi connectivity index (χ0v) is 19.9. The Bertz CT molecular complexity index is 702. The van der Waals surface area contributed by atoms with Crippen molar-refractivity contribution in [3.05, 3.63) is 29.8 Å². The highest BCUT2D eigenvalue weighted by Crippen LogP contribution is 2.15. The molecule has 1 aliphatic heterocycles. The van der Waals surface area contributed by atoms with Crippen molar-refractivity contribution in [3.63, 3.8) is 0 Å². The molecule has 1 aromatic rings. The van der Waals surface area contributed by atoms with Gasteiger partial charge in [-0.25, -0.2) is 12.7 Å². The average Bonchev–Trinajstić information content (AvgIpc) is 2.66. The first-order chi connectivity index (χ1) is 12.9. The number of rotatable bonds is 8. The van der Waals surface area contributed by atoms with E-state index in [-0.39, 0.29) is 41.5 Å². The molecule has 2 rings (SSSR count). The van der Waals surface area contributed by atoms with Crippen LogP contribution in [0.5, 0.6) is 5.75 Å². The third-order valence-corrected chi connectivity index (χ3v) is 6.82. The number of sulfonamides is 1. The van der Waals surface area contributed by atoms with Crippen molar-refractivity contribution < 1.29 is 13.5 Å². The van der Waals surface area contributed by atoms with Crippen molar-refractivity contribution in [2.24, 2.45) is 4.99 Å². The minimum absolute atomic E-state index is 0. The molecule has 1 heterocycles. The van der Waals surface area contributed by atoms with Gasteiger partial charge in [-0.15, -0.1) is 24.0 Å². The number of guanidine groups is 1. The van der Waals surface area contributed by atoms with E-state index in [0.717, 1.165) is 38.2 Å². The van der Waals surface area contributed by atoms with Gasteiger partial charge in [-0.05, 0) is 49.8 Å². The first kappa shape index (κ1) is 25.0. The van der Waals surface area contributed by atoms with Gasteiger partial charge in [0.2, 0.25) is 10.0 Å². The first-order valence-electron chi connectivity index (χ1n) is 9.67. The molecule has 1 aliphatic rings. The molecule has 1 aromatic carbocycles. The molecule has 1 saturated heterocycles. The molecule has 0 aromatic heterocycles. The second-order valence-electron chi connectivity index (χ2n) is 6.90. The van der Waals surface area contributed by atoms with E-state index in [9.17, 15) is 13.5 Å². The molecule has 7 nitrogen and oxygen atoms in total. The van der Waals surface area contributed by atoms with Crippen molar-refractivity contribution in [1.82, 2.24) is 14.9 Å². The third-order valence-electron chi connectivity index (χ3n) is 4.74. The molecule has 9 heteroatoms. The summed E-state index contributed by atoms with van der Waals surface area (Å²) in [7, 11) is -1.35. The van der Waals surface area contributed by atoms with E-state index in [1.165, 1.54) is 5.56 Å². The Morgan fingerprint density at radius 3 is 2.46 bits per heavy atom. The molecule has 0 bridgehead atoms. The molecule has 0 aliphatic carbocycles. The van der Waals surface area contributed by atoms with Crippen molar-refractivity contribution in [1.29, 1.82) is 0 Å². The summed E-state index contributed by atoms with van der Waals surface area (Å²) in [6.07, 6.45) is 4.12. The lowest BCUT2D eigenvalue weighted by atomic mass is 10.1. The molecule has 0 amide bonds. The van der Waals surface area contributed by atoms with Gasteiger partial charge >= 0.3 is 0 Å². The van der Waals surface area contributed by atoms with Gasteiger partial charge in [0.1, 0.15) is 5.75 Å². The average molecular weight is 524 g/mol. The Hall–Kier alpha value is -1.07. The highest BCUT2D eigenvalue weighted by molar-refractivity contribution is 14.0. The second kappa shape index (κ2) is 12.5. The third kappa shape index (κ3) is 8.12. The lowest BCUT2D eigenvalue weighted by Crippen LogP contribution is -2.50. The fraction of sp³-hybridized carbons (Fsp3) is 0.632. The van der Waals surface area contributed by atoms with Gasteiger partial charge in [0, 0.05) is 32.7 Å². The van der Waals surface area contributed by atoms with Gasteiger partial charge in [-0.3, -0.25) is 4.99 Å². The SMILES string of the molecule is CCCS(=O)(=O)N1CCC(NC(=NC)NCCCc2ccc(O)cc2)CC1.I. The van der Waals surface area contributed by atoms with Crippen LogP contribution in [0.3, 0.4) is 0 Å². The van der Waals surface area contributed by atoms with Crippen LogP contribution < -0.4 is 10.6 Å². The molecule has 28 heavy (non-hydrogen) atoms. The summed E-state index contributed by atoms with van der Waals surface area (Å²) in [5.74, 6) is 1.28. The molecule has 0 saturated carbocycles. The maximum absolute atomic E-state index is 12.1. The lowest BCUT2D eigenvalue weighted by molar-refractivity contribution is 0.306. The first-order valence-corrected chi connectivity index (χ1v) is 11.3. The number of halogens is 1. The van der Waals surface area contributed by atoms with Crippen molar-refractivity contribution in [2.45, 2.75) is 45.1 Å². The van der Waals surface area contributed by atoms with Gasteiger partial charge in [-0.2, -0.15) is 0 Å². The van der Waals surface area contributed by atoms with Crippen molar-refractivity contribution in [2.75, 3.05) is 32.4 Å².